The summed E-state index contributed by atoms with van der Waals surface area (Å²) < 4.78 is 0. The molecule has 0 aliphatic heterocycles. The molecular formula is C12H27Cl5O3Ti. The van der Waals surface area contributed by atoms with Crippen molar-refractivity contribution in [3.05, 3.63) is 0 Å². The van der Waals surface area contributed by atoms with Gasteiger partial charge in [0.2, 0.25) is 0 Å². The second-order valence-corrected chi connectivity index (χ2v) is 7.56. The van der Waals surface area contributed by atoms with Gasteiger partial charge in [0.1, 0.15) is 5.56 Å². The average Bonchev–Trinajstić information content (AvgIpc) is 2.43. The zero-order chi connectivity index (χ0) is 17.5. The van der Waals surface area contributed by atoms with Gasteiger partial charge in [0.05, 0.1) is 5.38 Å². The molecule has 132 valence electrons. The number of rotatable bonds is 7. The van der Waals surface area contributed by atoms with Crippen molar-refractivity contribution in [2.75, 3.05) is 19.1 Å². The van der Waals surface area contributed by atoms with Crippen molar-refractivity contribution in [2.45, 2.75) is 56.9 Å². The summed E-state index contributed by atoms with van der Waals surface area (Å²) in [6.45, 7) is 4.79. The van der Waals surface area contributed by atoms with E-state index in [4.69, 9.17) is 68.7 Å². The van der Waals surface area contributed by atoms with E-state index >= 15 is 0 Å². The molecule has 9 heteroatoms. The Morgan fingerprint density at radius 1 is 0.952 bits per heavy atom. The Balaban J connectivity index is -0.0000000977. The van der Waals surface area contributed by atoms with Gasteiger partial charge < -0.3 is 15.3 Å². The zero-order valence-corrected chi connectivity index (χ0v) is 17.9. The second kappa shape index (κ2) is 33.6. The molecule has 0 fully saturated rings. The fourth-order valence-corrected chi connectivity index (χ4v) is 1.14. The van der Waals surface area contributed by atoms with E-state index in [2.05, 4.69) is 13.8 Å². The molecule has 0 rings (SSSR count). The van der Waals surface area contributed by atoms with E-state index in [0.29, 0.717) is 25.5 Å². The Morgan fingerprint density at radius 2 is 1.29 bits per heavy atom. The van der Waals surface area contributed by atoms with E-state index in [1.54, 1.807) is 0 Å². The molecule has 0 amide bonds. The van der Waals surface area contributed by atoms with Gasteiger partial charge in [-0.3, -0.25) is 0 Å². The van der Waals surface area contributed by atoms with Crippen molar-refractivity contribution in [1.29, 1.82) is 0 Å². The van der Waals surface area contributed by atoms with Crippen LogP contribution in [-0.4, -0.2) is 45.4 Å². The molecule has 0 saturated heterocycles. The van der Waals surface area contributed by atoms with E-state index in [-0.39, 0.29) is 0 Å². The summed E-state index contributed by atoms with van der Waals surface area (Å²) in [5.41, 5.74) is -0.976. The van der Waals surface area contributed by atoms with Crippen LogP contribution in [0, 0.1) is 0 Å². The fraction of sp³-hybridized carbons (Fsp3) is 1.00. The molecule has 2 atom stereocenters. The van der Waals surface area contributed by atoms with Crippen LogP contribution in [0.4, 0.5) is 0 Å². The molecule has 0 bridgehead atoms. The monoisotopic (exact) mass is 442 g/mol. The maximum absolute atomic E-state index is 8.53. The van der Waals surface area contributed by atoms with Crippen LogP contribution in [0.15, 0.2) is 0 Å². The molecule has 0 spiro atoms. The predicted molar refractivity (Wildman–Crippen MR) is 92.5 cm³/mol. The molecular weight excluding hydrogens is 417 g/mol. The molecule has 0 aromatic carbocycles. The van der Waals surface area contributed by atoms with E-state index in [1.165, 1.54) is 0 Å². The standard InChI is InChI=1S/C4H7Cl3O.2C4H10O.2ClH.Ti/c5-2-1-3(6)4(7)8;2*1-2-3-4-5;;;/h3-4,8H,1-2H2;2*5H,2-4H2,1H3;2*1H;/q;;;;;+2/p-2. The molecule has 0 aromatic rings. The van der Waals surface area contributed by atoms with Crippen LogP contribution >= 0.6 is 53.4 Å². The first kappa shape index (κ1) is 30.9. The third-order valence-electron chi connectivity index (χ3n) is 1.71. The zero-order valence-electron chi connectivity index (χ0n) is 12.5. The van der Waals surface area contributed by atoms with Gasteiger partial charge in [0, 0.05) is 19.1 Å². The molecule has 2 unspecified atom stereocenters. The quantitative estimate of drug-likeness (QED) is 0.394. The van der Waals surface area contributed by atoms with E-state index < -0.39 is 28.0 Å². The number of unbranched alkanes of at least 4 members (excludes halogenated alkanes) is 2. The average molecular weight is 444 g/mol. The summed E-state index contributed by atoms with van der Waals surface area (Å²) in [7, 11) is 9.78. The number of aliphatic hydroxyl groups excluding tert-OH is 3. The first-order chi connectivity index (χ1) is 9.92. The summed E-state index contributed by atoms with van der Waals surface area (Å²) in [6.07, 6.45) is 4.61. The van der Waals surface area contributed by atoms with Crippen molar-refractivity contribution in [1.82, 2.24) is 0 Å². The number of aliphatic hydroxyl groups is 3. The third-order valence-corrected chi connectivity index (χ3v) is 2.81. The van der Waals surface area contributed by atoms with Crippen LogP contribution in [0.2, 0.25) is 0 Å². The summed E-state index contributed by atoms with van der Waals surface area (Å²) >= 11 is 15.4. The topological polar surface area (TPSA) is 60.7 Å². The Morgan fingerprint density at radius 3 is 1.33 bits per heavy atom. The molecule has 0 heterocycles. The van der Waals surface area contributed by atoms with Gasteiger partial charge in [-0.2, -0.15) is 0 Å². The van der Waals surface area contributed by atoms with Crippen LogP contribution < -0.4 is 0 Å². The van der Waals surface area contributed by atoms with E-state index in [9.17, 15) is 0 Å². The van der Waals surface area contributed by atoms with Gasteiger partial charge in [-0.25, -0.2) is 0 Å². The first-order valence-corrected chi connectivity index (χ1v) is 12.3. The summed E-state index contributed by atoms with van der Waals surface area (Å²) in [6, 6.07) is 0. The van der Waals surface area contributed by atoms with Crippen molar-refractivity contribution >= 4 is 53.4 Å². The van der Waals surface area contributed by atoms with Gasteiger partial charge in [-0.1, -0.05) is 38.3 Å². The predicted octanol–water partition coefficient (Wildman–Crippen LogP) is 4.71. The first-order valence-electron chi connectivity index (χ1n) is 6.63. The van der Waals surface area contributed by atoms with Crippen molar-refractivity contribution in [3.63, 3.8) is 0 Å². The van der Waals surface area contributed by atoms with Gasteiger partial charge in [0.15, 0.2) is 0 Å². The van der Waals surface area contributed by atoms with Gasteiger partial charge in [-0.15, -0.1) is 23.2 Å². The molecule has 21 heavy (non-hydrogen) atoms. The van der Waals surface area contributed by atoms with Crippen LogP contribution in [0.25, 0.3) is 0 Å². The SMILES string of the molecule is CCCCO.CCCCO.OC(Cl)C(Cl)CCCl.[Cl][Ti][Cl]. The Hall–Kier alpha value is 2.04. The van der Waals surface area contributed by atoms with Crippen molar-refractivity contribution in [2.24, 2.45) is 0 Å². The minimum absolute atomic E-state index is 0.344. The van der Waals surface area contributed by atoms with E-state index in [0.717, 1.165) is 25.7 Å². The molecule has 0 aliphatic carbocycles. The van der Waals surface area contributed by atoms with Crippen molar-refractivity contribution in [3.8, 4) is 0 Å². The van der Waals surface area contributed by atoms with Gasteiger partial charge in [-0.05, 0) is 19.3 Å². The maximum atomic E-state index is 8.53. The number of hydrogen-bond donors (Lipinski definition) is 3. The van der Waals surface area contributed by atoms with Crippen LogP contribution in [0.1, 0.15) is 46.0 Å². The Labute approximate surface area is 160 Å². The normalized spacial score (nSPS) is 11.5. The summed E-state index contributed by atoms with van der Waals surface area (Å²) in [4.78, 5) is 0. The molecule has 0 aromatic heterocycles. The number of halogens is 5. The molecule has 0 radical (unpaired) electrons. The third kappa shape index (κ3) is 52.1. The second-order valence-electron chi connectivity index (χ2n) is 3.59. The summed E-state index contributed by atoms with van der Waals surface area (Å²) in [5, 5.41) is 24.2. The molecule has 0 saturated carbocycles. The number of alkyl halides is 3. The minimum atomic E-state index is -0.976. The number of hydrogen-bond acceptors (Lipinski definition) is 3. The summed E-state index contributed by atoms with van der Waals surface area (Å²) in [5.74, 6) is 0.429. The van der Waals surface area contributed by atoms with E-state index in [1.807, 2.05) is 0 Å². The molecule has 3 nitrogen and oxygen atoms in total. The van der Waals surface area contributed by atoms with Gasteiger partial charge >= 0.3 is 35.6 Å². The fourth-order valence-electron chi connectivity index (χ4n) is 0.558. The van der Waals surface area contributed by atoms with Crippen LogP contribution in [0.3, 0.4) is 0 Å². The molecule has 0 aliphatic rings. The Bertz CT molecular complexity index is 138. The Kier molecular flexibility index (Phi) is 49.4. The molecule has 3 N–H and O–H groups in total. The van der Waals surface area contributed by atoms with Crippen molar-refractivity contribution < 1.29 is 32.4 Å². The van der Waals surface area contributed by atoms with Crippen LogP contribution in [-0.2, 0) is 17.0 Å². The van der Waals surface area contributed by atoms with Crippen LogP contribution in [0.5, 0.6) is 0 Å². The van der Waals surface area contributed by atoms with Gasteiger partial charge in [0.25, 0.3) is 0 Å².